The summed E-state index contributed by atoms with van der Waals surface area (Å²) in [7, 11) is 0. The molecule has 0 aliphatic carbocycles. The lowest BCUT2D eigenvalue weighted by Gasteiger charge is -1.92. The molecule has 0 radical (unpaired) electrons. The summed E-state index contributed by atoms with van der Waals surface area (Å²) >= 11 is 1.52. The van der Waals surface area contributed by atoms with Crippen LogP contribution in [0.15, 0.2) is 34.0 Å². The van der Waals surface area contributed by atoms with Crippen LogP contribution in [0.1, 0.15) is 0 Å². The summed E-state index contributed by atoms with van der Waals surface area (Å²) in [6, 6.07) is 3.37. The van der Waals surface area contributed by atoms with Crippen LogP contribution >= 0.6 is 11.3 Å². The second-order valence-electron chi connectivity index (χ2n) is 2.32. The Kier molecular flexibility index (Phi) is 1.75. The number of hydrogen-bond acceptors (Lipinski definition) is 3. The lowest BCUT2D eigenvalue weighted by Crippen LogP contribution is -2.01. The zero-order chi connectivity index (χ0) is 8.39. The fraction of sp³-hybridized carbons (Fsp3) is 0. The summed E-state index contributed by atoms with van der Waals surface area (Å²) in [5.41, 5.74) is 3.36. The Bertz CT molecular complexity index is 419. The van der Waals surface area contributed by atoms with E-state index in [4.69, 9.17) is 0 Å². The second-order valence-corrected chi connectivity index (χ2v) is 3.03. The molecule has 2 rings (SSSR count). The fourth-order valence-electron chi connectivity index (χ4n) is 0.959. The molecule has 2 heterocycles. The van der Waals surface area contributed by atoms with E-state index in [2.05, 4.69) is 9.97 Å². The fourth-order valence-corrected chi connectivity index (χ4v) is 1.52. The molecule has 0 saturated heterocycles. The molecule has 0 unspecified atom stereocenters. The lowest BCUT2D eigenvalue weighted by molar-refractivity contribution is 1.23. The number of pyridine rings is 1. The first-order valence-electron chi connectivity index (χ1n) is 3.43. The highest BCUT2D eigenvalue weighted by Gasteiger charge is 1.98. The lowest BCUT2D eigenvalue weighted by atomic mass is 10.2. The van der Waals surface area contributed by atoms with Crippen LogP contribution in [-0.2, 0) is 0 Å². The van der Waals surface area contributed by atoms with Crippen molar-refractivity contribution in [1.29, 1.82) is 0 Å². The summed E-state index contributed by atoms with van der Waals surface area (Å²) in [5, 5.41) is 1.91. The monoisotopic (exact) mass is 178 g/mol. The first-order valence-corrected chi connectivity index (χ1v) is 4.38. The summed E-state index contributed by atoms with van der Waals surface area (Å²) < 4.78 is 0. The van der Waals surface area contributed by atoms with E-state index in [0.717, 1.165) is 11.3 Å². The van der Waals surface area contributed by atoms with Crippen molar-refractivity contribution in [3.8, 4) is 11.3 Å². The average Bonchev–Trinajstić information content (AvgIpc) is 2.56. The molecule has 0 bridgehead atoms. The number of hydrogen-bond donors (Lipinski definition) is 1. The van der Waals surface area contributed by atoms with E-state index in [9.17, 15) is 4.79 Å². The van der Waals surface area contributed by atoms with Crippen molar-refractivity contribution in [3.63, 3.8) is 0 Å². The molecule has 0 aromatic carbocycles. The summed E-state index contributed by atoms with van der Waals surface area (Å²) in [6.45, 7) is 0. The predicted octanol–water partition coefficient (Wildman–Crippen LogP) is 1.50. The minimum Gasteiger partial charge on any atom is -0.329 e. The minimum absolute atomic E-state index is 0.0968. The first kappa shape index (κ1) is 7.24. The van der Waals surface area contributed by atoms with E-state index in [1.165, 1.54) is 17.4 Å². The normalized spacial score (nSPS) is 10.0. The van der Waals surface area contributed by atoms with Gasteiger partial charge in [0.2, 0.25) is 5.56 Å². The van der Waals surface area contributed by atoms with Gasteiger partial charge >= 0.3 is 0 Å². The zero-order valence-electron chi connectivity index (χ0n) is 6.15. The summed E-state index contributed by atoms with van der Waals surface area (Å²) in [5.74, 6) is 0. The number of aromatic amines is 1. The van der Waals surface area contributed by atoms with Crippen molar-refractivity contribution in [1.82, 2.24) is 9.97 Å². The van der Waals surface area contributed by atoms with Crippen LogP contribution in [-0.4, -0.2) is 9.97 Å². The Balaban J connectivity index is 2.55. The summed E-state index contributed by atoms with van der Waals surface area (Å²) in [4.78, 5) is 17.6. The predicted molar refractivity (Wildman–Crippen MR) is 48.2 cm³/mol. The highest BCUT2D eigenvalue weighted by Crippen LogP contribution is 2.15. The molecule has 1 N–H and O–H groups in total. The highest BCUT2D eigenvalue weighted by atomic mass is 32.1. The Morgan fingerprint density at radius 3 is 3.08 bits per heavy atom. The van der Waals surface area contributed by atoms with Crippen LogP contribution in [0.2, 0.25) is 0 Å². The van der Waals surface area contributed by atoms with Crippen LogP contribution in [0.25, 0.3) is 11.3 Å². The third-order valence-corrected chi connectivity index (χ3v) is 2.09. The van der Waals surface area contributed by atoms with Gasteiger partial charge in [0.05, 0.1) is 11.2 Å². The van der Waals surface area contributed by atoms with Crippen molar-refractivity contribution in [2.45, 2.75) is 0 Å². The Morgan fingerprint density at radius 1 is 1.50 bits per heavy atom. The van der Waals surface area contributed by atoms with Crippen molar-refractivity contribution in [2.24, 2.45) is 0 Å². The van der Waals surface area contributed by atoms with Gasteiger partial charge in [-0.05, 0) is 6.07 Å². The third-order valence-electron chi connectivity index (χ3n) is 1.50. The van der Waals surface area contributed by atoms with Gasteiger partial charge in [0.25, 0.3) is 0 Å². The van der Waals surface area contributed by atoms with Gasteiger partial charge in [-0.3, -0.25) is 4.79 Å². The number of nitrogens with one attached hydrogen (secondary N) is 1. The maximum Gasteiger partial charge on any atom is 0.248 e. The van der Waals surface area contributed by atoms with Gasteiger partial charge in [-0.2, -0.15) is 0 Å². The molecule has 2 aromatic rings. The average molecular weight is 178 g/mol. The smallest absolute Gasteiger partial charge is 0.248 e. The van der Waals surface area contributed by atoms with Gasteiger partial charge in [0.15, 0.2) is 0 Å². The Labute approximate surface area is 72.7 Å². The van der Waals surface area contributed by atoms with Crippen LogP contribution in [0.5, 0.6) is 0 Å². The number of thiazole rings is 1. The molecular formula is C8H6N2OS. The molecule has 4 heteroatoms. The number of H-pyrrole nitrogens is 1. The molecule has 0 aliphatic rings. The standard InChI is InChI=1S/C8H6N2OS/c11-8-3-6(1-2-9-8)7-4-12-5-10-7/h1-5H,(H,9,11). The van der Waals surface area contributed by atoms with Gasteiger partial charge in [0, 0.05) is 23.2 Å². The molecule has 0 spiro atoms. The van der Waals surface area contributed by atoms with Gasteiger partial charge < -0.3 is 4.98 Å². The van der Waals surface area contributed by atoms with E-state index in [1.807, 2.05) is 11.4 Å². The molecule has 2 aromatic heterocycles. The zero-order valence-corrected chi connectivity index (χ0v) is 6.97. The maximum atomic E-state index is 10.9. The van der Waals surface area contributed by atoms with Gasteiger partial charge in [-0.25, -0.2) is 4.98 Å². The molecule has 0 atom stereocenters. The molecule has 3 nitrogen and oxygen atoms in total. The van der Waals surface area contributed by atoms with E-state index in [1.54, 1.807) is 11.7 Å². The topological polar surface area (TPSA) is 45.8 Å². The van der Waals surface area contributed by atoms with Crippen molar-refractivity contribution < 1.29 is 0 Å². The van der Waals surface area contributed by atoms with Crippen LogP contribution in [0.3, 0.4) is 0 Å². The molecule has 12 heavy (non-hydrogen) atoms. The van der Waals surface area contributed by atoms with E-state index in [-0.39, 0.29) is 5.56 Å². The molecule has 0 aliphatic heterocycles. The Morgan fingerprint density at radius 2 is 2.42 bits per heavy atom. The minimum atomic E-state index is -0.0968. The Hall–Kier alpha value is -1.42. The van der Waals surface area contributed by atoms with Crippen molar-refractivity contribution >= 4 is 11.3 Å². The second kappa shape index (κ2) is 2.91. The van der Waals surface area contributed by atoms with Crippen LogP contribution in [0.4, 0.5) is 0 Å². The molecule has 0 saturated carbocycles. The summed E-state index contributed by atoms with van der Waals surface area (Å²) in [6.07, 6.45) is 1.62. The van der Waals surface area contributed by atoms with Gasteiger partial charge in [-0.15, -0.1) is 11.3 Å². The van der Waals surface area contributed by atoms with E-state index in [0.29, 0.717) is 0 Å². The number of aromatic nitrogens is 2. The van der Waals surface area contributed by atoms with Crippen LogP contribution in [0, 0.1) is 0 Å². The number of rotatable bonds is 1. The van der Waals surface area contributed by atoms with Gasteiger partial charge in [-0.1, -0.05) is 0 Å². The number of nitrogens with zero attached hydrogens (tertiary/aromatic N) is 1. The largest absolute Gasteiger partial charge is 0.329 e. The van der Waals surface area contributed by atoms with E-state index < -0.39 is 0 Å². The van der Waals surface area contributed by atoms with E-state index >= 15 is 0 Å². The van der Waals surface area contributed by atoms with Gasteiger partial charge in [0.1, 0.15) is 0 Å². The highest BCUT2D eigenvalue weighted by molar-refractivity contribution is 7.07. The van der Waals surface area contributed by atoms with Crippen molar-refractivity contribution in [3.05, 3.63) is 39.6 Å². The molecule has 0 fully saturated rings. The molecule has 60 valence electrons. The van der Waals surface area contributed by atoms with Crippen molar-refractivity contribution in [2.75, 3.05) is 0 Å². The molecule has 0 amide bonds. The van der Waals surface area contributed by atoms with Crippen LogP contribution < -0.4 is 5.56 Å². The quantitative estimate of drug-likeness (QED) is 0.719. The SMILES string of the molecule is O=c1cc(-c2cscn2)cc[nH]1. The molecular weight excluding hydrogens is 172 g/mol. The maximum absolute atomic E-state index is 10.9. The first-order chi connectivity index (χ1) is 5.86. The third kappa shape index (κ3) is 1.29.